The molecule has 134 valence electrons. The van der Waals surface area contributed by atoms with Crippen molar-refractivity contribution in [3.63, 3.8) is 0 Å². The smallest absolute Gasteiger partial charge is 0.338 e. The first-order valence-corrected chi connectivity index (χ1v) is 9.07. The van der Waals surface area contributed by atoms with Gasteiger partial charge in [0.05, 0.1) is 11.1 Å². The molecule has 0 aromatic heterocycles. The molecule has 0 bridgehead atoms. The van der Waals surface area contributed by atoms with E-state index in [4.69, 9.17) is 9.84 Å². The van der Waals surface area contributed by atoms with Crippen molar-refractivity contribution < 1.29 is 19.4 Å². The highest BCUT2D eigenvalue weighted by molar-refractivity contribution is 5.94. The minimum absolute atomic E-state index is 0.0949. The van der Waals surface area contributed by atoms with Crippen molar-refractivity contribution >= 4 is 11.9 Å². The molecule has 2 atom stereocenters. The molecule has 0 amide bonds. The van der Waals surface area contributed by atoms with Crippen molar-refractivity contribution in [2.75, 3.05) is 0 Å². The largest absolute Gasteiger partial charge is 0.478 e. The highest BCUT2D eigenvalue weighted by Crippen LogP contribution is 2.25. The van der Waals surface area contributed by atoms with Gasteiger partial charge in [0.15, 0.2) is 0 Å². The molecule has 0 fully saturated rings. The third kappa shape index (κ3) is 6.34. The molecule has 0 aliphatic carbocycles. The normalized spacial score (nSPS) is 13.3. The van der Waals surface area contributed by atoms with Gasteiger partial charge in [-0.2, -0.15) is 0 Å². The van der Waals surface area contributed by atoms with Crippen molar-refractivity contribution in [2.45, 2.75) is 71.8 Å². The molecule has 1 aromatic rings. The highest BCUT2D eigenvalue weighted by Gasteiger charge is 2.24. The summed E-state index contributed by atoms with van der Waals surface area (Å²) in [6, 6.07) is 6.05. The first kappa shape index (κ1) is 20.2. The van der Waals surface area contributed by atoms with Gasteiger partial charge in [0.2, 0.25) is 0 Å². The molecule has 1 rings (SSSR count). The molecule has 0 saturated heterocycles. The van der Waals surface area contributed by atoms with Gasteiger partial charge < -0.3 is 9.84 Å². The maximum Gasteiger partial charge on any atom is 0.338 e. The van der Waals surface area contributed by atoms with Crippen molar-refractivity contribution in [2.24, 2.45) is 5.92 Å². The Morgan fingerprint density at radius 3 is 2.25 bits per heavy atom. The Bertz CT molecular complexity index is 524. The lowest BCUT2D eigenvalue weighted by molar-refractivity contribution is 0.00791. The molecule has 24 heavy (non-hydrogen) atoms. The summed E-state index contributed by atoms with van der Waals surface area (Å²) >= 11 is 0. The Morgan fingerprint density at radius 2 is 1.67 bits per heavy atom. The van der Waals surface area contributed by atoms with Crippen molar-refractivity contribution in [3.05, 3.63) is 35.4 Å². The zero-order valence-corrected chi connectivity index (χ0v) is 15.1. The summed E-state index contributed by atoms with van der Waals surface area (Å²) in [6.45, 7) is 6.43. The van der Waals surface area contributed by atoms with E-state index in [2.05, 4.69) is 20.8 Å². The molecule has 4 nitrogen and oxygen atoms in total. The van der Waals surface area contributed by atoms with Crippen molar-refractivity contribution in [3.8, 4) is 0 Å². The van der Waals surface area contributed by atoms with E-state index in [1.165, 1.54) is 12.1 Å². The second kappa shape index (κ2) is 10.8. The quantitative estimate of drug-likeness (QED) is 0.556. The summed E-state index contributed by atoms with van der Waals surface area (Å²) in [5.74, 6) is -1.10. The number of carboxylic acids is 1. The van der Waals surface area contributed by atoms with E-state index >= 15 is 0 Å². The number of carboxylic acid groups (broad SMARTS) is 1. The predicted octanol–water partition coefficient (Wildman–Crippen LogP) is 5.32. The Balaban J connectivity index is 2.85. The fourth-order valence-electron chi connectivity index (χ4n) is 2.90. The average molecular weight is 334 g/mol. The number of hydrogen-bond acceptors (Lipinski definition) is 3. The van der Waals surface area contributed by atoms with Gasteiger partial charge in [0.1, 0.15) is 6.10 Å². The van der Waals surface area contributed by atoms with Crippen LogP contribution in [-0.2, 0) is 4.74 Å². The third-order valence-electron chi connectivity index (χ3n) is 4.42. The minimum Gasteiger partial charge on any atom is -0.478 e. The van der Waals surface area contributed by atoms with Crippen LogP contribution < -0.4 is 0 Å². The monoisotopic (exact) mass is 334 g/mol. The van der Waals surface area contributed by atoms with Crippen LogP contribution in [0.1, 0.15) is 86.4 Å². The summed E-state index contributed by atoms with van der Waals surface area (Å²) in [7, 11) is 0. The molecule has 2 unspecified atom stereocenters. The van der Waals surface area contributed by atoms with Crippen LogP contribution in [0.5, 0.6) is 0 Å². The third-order valence-corrected chi connectivity index (χ3v) is 4.42. The summed E-state index contributed by atoms with van der Waals surface area (Å²) in [5.41, 5.74) is 0.411. The number of carbonyl (C=O) groups is 2. The van der Waals surface area contributed by atoms with Crippen LogP contribution in [0, 0.1) is 5.92 Å². The van der Waals surface area contributed by atoms with E-state index in [0.717, 1.165) is 44.9 Å². The number of hydrogen-bond donors (Lipinski definition) is 1. The highest BCUT2D eigenvalue weighted by atomic mass is 16.5. The van der Waals surface area contributed by atoms with E-state index in [1.807, 2.05) is 0 Å². The number of esters is 1. The SMILES string of the molecule is CCCCC(CC)C(CCCC)OC(=O)c1cccc(C(=O)O)c1. The van der Waals surface area contributed by atoms with Crippen molar-refractivity contribution in [1.82, 2.24) is 0 Å². The number of rotatable bonds is 11. The molecule has 1 N–H and O–H groups in total. The van der Waals surface area contributed by atoms with Gasteiger partial charge in [-0.25, -0.2) is 9.59 Å². The summed E-state index contributed by atoms with van der Waals surface area (Å²) in [6.07, 6.45) is 7.16. The standard InChI is InChI=1S/C20H30O4/c1-4-7-10-15(6-3)18(13-8-5-2)24-20(23)17-12-9-11-16(14-17)19(21)22/h9,11-12,14-15,18H,4-8,10,13H2,1-3H3,(H,21,22). The van der Waals surface area contributed by atoms with E-state index in [9.17, 15) is 9.59 Å². The second-order valence-electron chi connectivity index (χ2n) is 6.28. The predicted molar refractivity (Wildman–Crippen MR) is 95.4 cm³/mol. The van der Waals surface area contributed by atoms with Gasteiger partial charge in [-0.15, -0.1) is 0 Å². The topological polar surface area (TPSA) is 63.6 Å². The summed E-state index contributed by atoms with van der Waals surface area (Å²) < 4.78 is 5.79. The molecule has 0 heterocycles. The fourth-order valence-corrected chi connectivity index (χ4v) is 2.90. The van der Waals surface area contributed by atoms with Gasteiger partial charge in [-0.1, -0.05) is 52.5 Å². The number of aromatic carboxylic acids is 1. The van der Waals surface area contributed by atoms with Crippen LogP contribution >= 0.6 is 0 Å². The van der Waals surface area contributed by atoms with Crippen LogP contribution in [0.3, 0.4) is 0 Å². The molecule has 0 radical (unpaired) electrons. The molecule has 4 heteroatoms. The Kier molecular flexibility index (Phi) is 9.13. The molecule has 0 spiro atoms. The lowest BCUT2D eigenvalue weighted by atomic mass is 9.90. The molecular formula is C20H30O4. The molecular weight excluding hydrogens is 304 g/mol. The maximum absolute atomic E-state index is 12.5. The van der Waals surface area contributed by atoms with E-state index in [0.29, 0.717) is 11.5 Å². The van der Waals surface area contributed by atoms with Gasteiger partial charge >= 0.3 is 11.9 Å². The van der Waals surface area contributed by atoms with E-state index in [-0.39, 0.29) is 11.7 Å². The number of ether oxygens (including phenoxy) is 1. The Labute approximate surface area is 145 Å². The molecule has 0 aliphatic rings. The zero-order valence-electron chi connectivity index (χ0n) is 15.1. The van der Waals surface area contributed by atoms with Crippen LogP contribution in [0.2, 0.25) is 0 Å². The van der Waals surface area contributed by atoms with E-state index < -0.39 is 11.9 Å². The number of benzene rings is 1. The van der Waals surface area contributed by atoms with Gasteiger partial charge in [-0.3, -0.25) is 0 Å². The van der Waals surface area contributed by atoms with E-state index in [1.54, 1.807) is 12.1 Å². The lowest BCUT2D eigenvalue weighted by Gasteiger charge is -2.26. The Morgan fingerprint density at radius 1 is 1.04 bits per heavy atom. The average Bonchev–Trinajstić information content (AvgIpc) is 2.59. The van der Waals surface area contributed by atoms with Crippen LogP contribution in [-0.4, -0.2) is 23.1 Å². The number of unbranched alkanes of at least 4 members (excludes halogenated alkanes) is 2. The summed E-state index contributed by atoms with van der Waals surface area (Å²) in [4.78, 5) is 23.5. The molecule has 0 saturated carbocycles. The first-order chi connectivity index (χ1) is 11.5. The molecule has 0 aliphatic heterocycles. The van der Waals surface area contributed by atoms with Gasteiger partial charge in [0, 0.05) is 0 Å². The van der Waals surface area contributed by atoms with Gasteiger partial charge in [-0.05, 0) is 43.4 Å². The first-order valence-electron chi connectivity index (χ1n) is 9.07. The second-order valence-corrected chi connectivity index (χ2v) is 6.28. The Hall–Kier alpha value is -1.84. The van der Waals surface area contributed by atoms with Crippen LogP contribution in [0.15, 0.2) is 24.3 Å². The lowest BCUT2D eigenvalue weighted by Crippen LogP contribution is -2.27. The van der Waals surface area contributed by atoms with Gasteiger partial charge in [0.25, 0.3) is 0 Å². The van der Waals surface area contributed by atoms with Crippen LogP contribution in [0.25, 0.3) is 0 Å². The molecule has 1 aromatic carbocycles. The van der Waals surface area contributed by atoms with Crippen molar-refractivity contribution in [1.29, 1.82) is 0 Å². The maximum atomic E-state index is 12.5. The zero-order chi connectivity index (χ0) is 17.9. The van der Waals surface area contributed by atoms with Crippen LogP contribution in [0.4, 0.5) is 0 Å². The minimum atomic E-state index is -1.04. The summed E-state index contributed by atoms with van der Waals surface area (Å²) in [5, 5.41) is 9.06. The number of carbonyl (C=O) groups excluding carboxylic acids is 1. The fraction of sp³-hybridized carbons (Fsp3) is 0.600.